The number of ether oxygens (including phenoxy) is 1. The third kappa shape index (κ3) is 8.23. The summed E-state index contributed by atoms with van der Waals surface area (Å²) in [7, 11) is 0. The van der Waals surface area contributed by atoms with Gasteiger partial charge in [-0.05, 0) is 91.5 Å². The van der Waals surface area contributed by atoms with Crippen LogP contribution in [-0.4, -0.2) is 30.4 Å². The molecule has 1 aliphatic heterocycles. The van der Waals surface area contributed by atoms with Gasteiger partial charge in [0.25, 0.3) is 0 Å². The Hall–Kier alpha value is -3.03. The molecule has 1 amide bonds. The van der Waals surface area contributed by atoms with E-state index < -0.39 is 11.7 Å². The lowest BCUT2D eigenvalue weighted by Gasteiger charge is -2.33. The molecule has 39 heavy (non-hydrogen) atoms. The molecule has 1 unspecified atom stereocenters. The van der Waals surface area contributed by atoms with E-state index >= 15 is 0 Å². The molecule has 0 bridgehead atoms. The van der Waals surface area contributed by atoms with Crippen LogP contribution in [0.5, 0.6) is 5.75 Å². The van der Waals surface area contributed by atoms with E-state index in [-0.39, 0.29) is 17.9 Å². The fraction of sp³-hybridized carbons (Fsp3) is 0.387. The predicted molar refractivity (Wildman–Crippen MR) is 149 cm³/mol. The normalized spacial score (nSPS) is 15.8. The fourth-order valence-corrected chi connectivity index (χ4v) is 4.93. The summed E-state index contributed by atoms with van der Waals surface area (Å²) in [4.78, 5) is 14.5. The standard InChI is InChI=1S/C31H34ClF3N2O2/c1-21(2)30(38)36-27-5-3-4-24(20-27)22-14-17-37(18-15-22)19-16-29(23-6-10-26(32)11-7-23)39-28-12-8-25(9-13-28)31(33,34)35/h3-13,20-22,29H,14-19H2,1-2H3,(H,36,38). The number of hydrogen-bond acceptors (Lipinski definition) is 3. The zero-order valence-electron chi connectivity index (χ0n) is 22.2. The van der Waals surface area contributed by atoms with Gasteiger partial charge in [-0.2, -0.15) is 13.2 Å². The van der Waals surface area contributed by atoms with Crippen molar-refractivity contribution in [3.05, 3.63) is 94.5 Å². The van der Waals surface area contributed by atoms with E-state index in [9.17, 15) is 18.0 Å². The summed E-state index contributed by atoms with van der Waals surface area (Å²) in [6, 6.07) is 20.3. The van der Waals surface area contributed by atoms with Gasteiger partial charge in [0, 0.05) is 29.6 Å². The van der Waals surface area contributed by atoms with E-state index in [2.05, 4.69) is 22.3 Å². The molecule has 4 rings (SSSR count). The Kier molecular flexibility index (Phi) is 9.57. The van der Waals surface area contributed by atoms with Crippen LogP contribution in [0.3, 0.4) is 0 Å². The lowest BCUT2D eigenvalue weighted by Crippen LogP contribution is -2.34. The molecule has 1 saturated heterocycles. The molecule has 0 aromatic heterocycles. The Balaban J connectivity index is 1.36. The quantitative estimate of drug-likeness (QED) is 0.287. The second-order valence-corrected chi connectivity index (χ2v) is 10.8. The van der Waals surface area contributed by atoms with E-state index in [1.807, 2.05) is 38.1 Å². The largest absolute Gasteiger partial charge is 0.486 e. The fourth-order valence-electron chi connectivity index (χ4n) is 4.80. The van der Waals surface area contributed by atoms with Crippen molar-refractivity contribution in [3.8, 4) is 5.75 Å². The van der Waals surface area contributed by atoms with Gasteiger partial charge < -0.3 is 15.0 Å². The molecule has 8 heteroatoms. The third-order valence-electron chi connectivity index (χ3n) is 7.15. The molecule has 1 N–H and O–H groups in total. The molecule has 0 aliphatic carbocycles. The summed E-state index contributed by atoms with van der Waals surface area (Å²) in [5.74, 6) is 0.756. The highest BCUT2D eigenvalue weighted by Crippen LogP contribution is 2.33. The topological polar surface area (TPSA) is 41.6 Å². The minimum atomic E-state index is -4.39. The average Bonchev–Trinajstić information content (AvgIpc) is 2.92. The number of anilines is 1. The van der Waals surface area contributed by atoms with Gasteiger partial charge in [0.05, 0.1) is 5.56 Å². The maximum atomic E-state index is 13.0. The number of benzene rings is 3. The number of nitrogens with zero attached hydrogens (tertiary/aromatic N) is 1. The molecule has 0 spiro atoms. The number of carbonyl (C=O) groups is 1. The molecule has 4 nitrogen and oxygen atoms in total. The molecule has 0 saturated carbocycles. The van der Waals surface area contributed by atoms with Crippen LogP contribution < -0.4 is 10.1 Å². The van der Waals surface area contributed by atoms with Crippen molar-refractivity contribution < 1.29 is 22.7 Å². The van der Waals surface area contributed by atoms with Gasteiger partial charge in [-0.1, -0.05) is 49.7 Å². The molecule has 1 heterocycles. The molecular formula is C31H34ClF3N2O2. The zero-order chi connectivity index (χ0) is 28.0. The van der Waals surface area contributed by atoms with Gasteiger partial charge in [0.1, 0.15) is 11.9 Å². The van der Waals surface area contributed by atoms with Crippen LogP contribution >= 0.6 is 11.6 Å². The number of nitrogens with one attached hydrogen (secondary N) is 1. The molecule has 208 valence electrons. The summed E-state index contributed by atoms with van der Waals surface area (Å²) in [5.41, 5.74) is 2.30. The molecule has 0 radical (unpaired) electrons. The lowest BCUT2D eigenvalue weighted by atomic mass is 9.89. The number of amides is 1. The van der Waals surface area contributed by atoms with Crippen molar-refractivity contribution >= 4 is 23.2 Å². The Morgan fingerprint density at radius 3 is 2.31 bits per heavy atom. The maximum absolute atomic E-state index is 13.0. The van der Waals surface area contributed by atoms with E-state index in [0.29, 0.717) is 23.1 Å². The van der Waals surface area contributed by atoms with Crippen molar-refractivity contribution in [2.75, 3.05) is 25.0 Å². The van der Waals surface area contributed by atoms with Crippen LogP contribution in [0.1, 0.15) is 61.8 Å². The minimum Gasteiger partial charge on any atom is -0.486 e. The summed E-state index contributed by atoms with van der Waals surface area (Å²) >= 11 is 6.07. The second-order valence-electron chi connectivity index (χ2n) is 10.4. The van der Waals surface area contributed by atoms with Crippen LogP contribution in [-0.2, 0) is 11.0 Å². The number of rotatable bonds is 9. The molecular weight excluding hydrogens is 525 g/mol. The minimum absolute atomic E-state index is 0.00993. The second kappa shape index (κ2) is 12.9. The first kappa shape index (κ1) is 29.0. The van der Waals surface area contributed by atoms with Crippen molar-refractivity contribution in [1.82, 2.24) is 4.90 Å². The Morgan fingerprint density at radius 2 is 1.69 bits per heavy atom. The van der Waals surface area contributed by atoms with E-state index in [1.54, 1.807) is 12.1 Å². The summed E-state index contributed by atoms with van der Waals surface area (Å²) < 4.78 is 45.1. The van der Waals surface area contributed by atoms with Gasteiger partial charge in [0.15, 0.2) is 0 Å². The van der Waals surface area contributed by atoms with Crippen LogP contribution in [0.15, 0.2) is 72.8 Å². The SMILES string of the molecule is CC(C)C(=O)Nc1cccc(C2CCN(CCC(Oc3ccc(C(F)(F)F)cc3)c3ccc(Cl)cc3)CC2)c1. The molecule has 1 atom stereocenters. The number of likely N-dealkylation sites (tertiary alicyclic amines) is 1. The van der Waals surface area contributed by atoms with Crippen molar-refractivity contribution in [2.45, 2.75) is 51.3 Å². The smallest absolute Gasteiger partial charge is 0.416 e. The van der Waals surface area contributed by atoms with Crippen molar-refractivity contribution in [2.24, 2.45) is 5.92 Å². The van der Waals surface area contributed by atoms with E-state index in [4.69, 9.17) is 16.3 Å². The summed E-state index contributed by atoms with van der Waals surface area (Å²) in [6.07, 6.45) is -2.01. The van der Waals surface area contributed by atoms with Crippen LogP contribution in [0.25, 0.3) is 0 Å². The van der Waals surface area contributed by atoms with E-state index in [1.165, 1.54) is 17.7 Å². The van der Waals surface area contributed by atoms with Crippen molar-refractivity contribution in [1.29, 1.82) is 0 Å². The van der Waals surface area contributed by atoms with Gasteiger partial charge in [-0.15, -0.1) is 0 Å². The van der Waals surface area contributed by atoms with Gasteiger partial charge in [-0.25, -0.2) is 0 Å². The molecule has 1 aliphatic rings. The van der Waals surface area contributed by atoms with Crippen molar-refractivity contribution in [3.63, 3.8) is 0 Å². The lowest BCUT2D eigenvalue weighted by molar-refractivity contribution is -0.137. The van der Waals surface area contributed by atoms with Crippen LogP contribution in [0.4, 0.5) is 18.9 Å². The van der Waals surface area contributed by atoms with Crippen LogP contribution in [0.2, 0.25) is 5.02 Å². The van der Waals surface area contributed by atoms with Gasteiger partial charge in [0.2, 0.25) is 5.91 Å². The highest BCUT2D eigenvalue weighted by atomic mass is 35.5. The summed E-state index contributed by atoms with van der Waals surface area (Å²) in [5, 5.41) is 3.60. The number of carbonyl (C=O) groups excluding carboxylic acids is 1. The summed E-state index contributed by atoms with van der Waals surface area (Å²) in [6.45, 7) is 6.41. The first-order chi connectivity index (χ1) is 18.6. The first-order valence-electron chi connectivity index (χ1n) is 13.3. The Bertz CT molecular complexity index is 1220. The highest BCUT2D eigenvalue weighted by molar-refractivity contribution is 6.30. The van der Waals surface area contributed by atoms with Crippen LogP contribution in [0, 0.1) is 5.92 Å². The average molecular weight is 559 g/mol. The third-order valence-corrected chi connectivity index (χ3v) is 7.40. The maximum Gasteiger partial charge on any atom is 0.416 e. The van der Waals surface area contributed by atoms with Gasteiger partial charge >= 0.3 is 6.18 Å². The zero-order valence-corrected chi connectivity index (χ0v) is 22.9. The predicted octanol–water partition coefficient (Wildman–Crippen LogP) is 8.34. The number of hydrogen-bond donors (Lipinski definition) is 1. The number of alkyl halides is 3. The monoisotopic (exact) mass is 558 g/mol. The number of piperidine rings is 1. The van der Waals surface area contributed by atoms with Gasteiger partial charge in [-0.3, -0.25) is 4.79 Å². The highest BCUT2D eigenvalue weighted by Gasteiger charge is 2.30. The first-order valence-corrected chi connectivity index (χ1v) is 13.7. The number of halogens is 4. The Labute approximate surface area is 233 Å². The molecule has 3 aromatic rings. The molecule has 3 aromatic carbocycles. The van der Waals surface area contributed by atoms with E-state index in [0.717, 1.165) is 55.9 Å². The molecule has 1 fully saturated rings. The Morgan fingerprint density at radius 1 is 1.03 bits per heavy atom.